The minimum Gasteiger partial charge on any atom is -0.390 e. The van der Waals surface area contributed by atoms with Crippen LogP contribution in [0.2, 0.25) is 0 Å². The standard InChI is InChI=1S/C18H38N6O8/c19-3-9-8(25)2-7(23)17(29-9)31-15-5(21)1-6(22)16(14(15)28)32-18-13(27)11(24)12(26)10(4-20)30-18/h5-18,25-28H,1-4,19-24H2. The van der Waals surface area contributed by atoms with E-state index in [-0.39, 0.29) is 25.9 Å². The lowest BCUT2D eigenvalue weighted by Gasteiger charge is -2.47. The molecule has 0 aromatic heterocycles. The van der Waals surface area contributed by atoms with Crippen LogP contribution in [0.1, 0.15) is 12.8 Å². The van der Waals surface area contributed by atoms with Crippen LogP contribution in [0.4, 0.5) is 0 Å². The molecule has 16 N–H and O–H groups in total. The molecule has 0 aromatic rings. The molecule has 3 rings (SSSR count). The van der Waals surface area contributed by atoms with Crippen LogP contribution in [0, 0.1) is 0 Å². The van der Waals surface area contributed by atoms with E-state index >= 15 is 0 Å². The Balaban J connectivity index is 1.70. The average molecular weight is 467 g/mol. The number of aliphatic hydroxyl groups excluding tert-OH is 4. The lowest BCUT2D eigenvalue weighted by atomic mass is 9.84. The molecular weight excluding hydrogens is 428 g/mol. The van der Waals surface area contributed by atoms with Crippen LogP contribution in [0.5, 0.6) is 0 Å². The lowest BCUT2D eigenvalue weighted by molar-refractivity contribution is -0.311. The van der Waals surface area contributed by atoms with E-state index in [4.69, 9.17) is 53.3 Å². The molecule has 2 saturated heterocycles. The van der Waals surface area contributed by atoms with Gasteiger partial charge >= 0.3 is 0 Å². The van der Waals surface area contributed by atoms with E-state index in [0.717, 1.165) is 0 Å². The van der Waals surface area contributed by atoms with Crippen LogP contribution in [0.3, 0.4) is 0 Å². The minimum atomic E-state index is -1.39. The first-order chi connectivity index (χ1) is 15.1. The van der Waals surface area contributed by atoms with Crippen LogP contribution in [0.25, 0.3) is 0 Å². The molecule has 32 heavy (non-hydrogen) atoms. The summed E-state index contributed by atoms with van der Waals surface area (Å²) < 4.78 is 22.9. The van der Waals surface area contributed by atoms with E-state index in [1.165, 1.54) is 0 Å². The van der Waals surface area contributed by atoms with Crippen molar-refractivity contribution in [3.05, 3.63) is 0 Å². The van der Waals surface area contributed by atoms with E-state index in [1.807, 2.05) is 0 Å². The van der Waals surface area contributed by atoms with Gasteiger partial charge in [-0.15, -0.1) is 0 Å². The number of nitrogens with two attached hydrogens (primary N) is 6. The molecule has 14 nitrogen and oxygen atoms in total. The van der Waals surface area contributed by atoms with Gasteiger partial charge in [-0.25, -0.2) is 0 Å². The van der Waals surface area contributed by atoms with Crippen LogP contribution in [-0.4, -0.2) is 119 Å². The summed E-state index contributed by atoms with van der Waals surface area (Å²) in [5, 5.41) is 41.5. The summed E-state index contributed by atoms with van der Waals surface area (Å²) in [6.45, 7) is 0.0113. The number of hydrogen-bond donors (Lipinski definition) is 10. The van der Waals surface area contributed by atoms with Crippen LogP contribution in [0.15, 0.2) is 0 Å². The third-order valence-corrected chi connectivity index (χ3v) is 6.47. The minimum absolute atomic E-state index is 0.0532. The van der Waals surface area contributed by atoms with Crippen molar-refractivity contribution in [2.75, 3.05) is 13.1 Å². The van der Waals surface area contributed by atoms with Gasteiger partial charge in [0.25, 0.3) is 0 Å². The lowest BCUT2D eigenvalue weighted by Crippen LogP contribution is -2.68. The van der Waals surface area contributed by atoms with E-state index in [0.29, 0.717) is 0 Å². The first kappa shape index (κ1) is 26.1. The van der Waals surface area contributed by atoms with Gasteiger partial charge in [-0.05, 0) is 12.8 Å². The summed E-state index contributed by atoms with van der Waals surface area (Å²) in [6.07, 6.45) is -10.1. The van der Waals surface area contributed by atoms with Crippen molar-refractivity contribution in [3.63, 3.8) is 0 Å². The fraction of sp³-hybridized carbons (Fsp3) is 1.00. The van der Waals surface area contributed by atoms with Gasteiger partial charge in [-0.1, -0.05) is 0 Å². The normalized spacial score (nSPS) is 52.7. The van der Waals surface area contributed by atoms with Gasteiger partial charge in [0.05, 0.1) is 30.4 Å². The van der Waals surface area contributed by atoms with Gasteiger partial charge in [-0.2, -0.15) is 0 Å². The highest BCUT2D eigenvalue weighted by Crippen LogP contribution is 2.30. The largest absolute Gasteiger partial charge is 0.390 e. The molecule has 0 radical (unpaired) electrons. The average Bonchev–Trinajstić information content (AvgIpc) is 2.75. The molecule has 0 bridgehead atoms. The molecule has 0 aromatic carbocycles. The van der Waals surface area contributed by atoms with Gasteiger partial charge < -0.3 is 73.8 Å². The maximum absolute atomic E-state index is 11.0. The fourth-order valence-electron chi connectivity index (χ4n) is 4.47. The Morgan fingerprint density at radius 1 is 0.656 bits per heavy atom. The van der Waals surface area contributed by atoms with E-state index in [9.17, 15) is 20.4 Å². The summed E-state index contributed by atoms with van der Waals surface area (Å²) in [5.74, 6) is 0. The zero-order valence-electron chi connectivity index (χ0n) is 17.8. The maximum Gasteiger partial charge on any atom is 0.186 e. The number of hydrogen-bond acceptors (Lipinski definition) is 14. The van der Waals surface area contributed by atoms with Crippen molar-refractivity contribution in [1.29, 1.82) is 0 Å². The summed E-state index contributed by atoms with van der Waals surface area (Å²) in [5.41, 5.74) is 35.5. The molecule has 3 fully saturated rings. The summed E-state index contributed by atoms with van der Waals surface area (Å²) >= 11 is 0. The number of rotatable bonds is 6. The first-order valence-corrected chi connectivity index (χ1v) is 10.9. The monoisotopic (exact) mass is 466 g/mol. The predicted octanol–water partition coefficient (Wildman–Crippen LogP) is -6.33. The van der Waals surface area contributed by atoms with Crippen molar-refractivity contribution in [1.82, 2.24) is 0 Å². The summed E-state index contributed by atoms with van der Waals surface area (Å²) in [4.78, 5) is 0. The SMILES string of the molecule is NCC1OC(OC2C(N)CC(N)C(OC3OC(CN)C(O)C(N)C3O)C2O)C(N)CC1O. The molecule has 14 unspecified atom stereocenters. The zero-order chi connectivity index (χ0) is 23.7. The zero-order valence-corrected chi connectivity index (χ0v) is 17.8. The highest BCUT2D eigenvalue weighted by molar-refractivity contribution is 5.01. The Labute approximate surface area is 186 Å². The first-order valence-electron chi connectivity index (χ1n) is 10.9. The second-order valence-corrected chi connectivity index (χ2v) is 8.84. The van der Waals surface area contributed by atoms with Gasteiger partial charge in [0.15, 0.2) is 12.6 Å². The molecule has 14 atom stereocenters. The van der Waals surface area contributed by atoms with Crippen LogP contribution >= 0.6 is 0 Å². The second-order valence-electron chi connectivity index (χ2n) is 8.84. The molecule has 3 aliphatic rings. The Hall–Kier alpha value is -0.560. The molecule has 188 valence electrons. The molecule has 0 amide bonds. The van der Waals surface area contributed by atoms with Gasteiger partial charge in [0.2, 0.25) is 0 Å². The third kappa shape index (κ3) is 5.24. The van der Waals surface area contributed by atoms with Crippen molar-refractivity contribution in [2.45, 2.75) is 98.4 Å². The van der Waals surface area contributed by atoms with Crippen LogP contribution < -0.4 is 34.4 Å². The fourth-order valence-corrected chi connectivity index (χ4v) is 4.47. The van der Waals surface area contributed by atoms with E-state index in [2.05, 4.69) is 0 Å². The Morgan fingerprint density at radius 3 is 1.75 bits per heavy atom. The molecular formula is C18H38N6O8. The number of ether oxygens (including phenoxy) is 4. The van der Waals surface area contributed by atoms with E-state index in [1.54, 1.807) is 0 Å². The van der Waals surface area contributed by atoms with E-state index < -0.39 is 85.6 Å². The highest BCUT2D eigenvalue weighted by Gasteiger charge is 2.50. The Bertz CT molecular complexity index is 608. The quantitative estimate of drug-likeness (QED) is 0.174. The maximum atomic E-state index is 11.0. The van der Waals surface area contributed by atoms with Crippen LogP contribution in [-0.2, 0) is 18.9 Å². The smallest absolute Gasteiger partial charge is 0.186 e. The topological polar surface area (TPSA) is 274 Å². The predicted molar refractivity (Wildman–Crippen MR) is 110 cm³/mol. The molecule has 2 aliphatic heterocycles. The highest BCUT2D eigenvalue weighted by atomic mass is 16.7. The Kier molecular flexibility index (Phi) is 8.79. The molecule has 14 heteroatoms. The molecule has 2 heterocycles. The number of aliphatic hydroxyl groups is 4. The molecule has 1 aliphatic carbocycles. The van der Waals surface area contributed by atoms with Crippen molar-refractivity contribution in [2.24, 2.45) is 34.4 Å². The summed E-state index contributed by atoms with van der Waals surface area (Å²) in [7, 11) is 0. The van der Waals surface area contributed by atoms with Crippen molar-refractivity contribution in [3.8, 4) is 0 Å². The van der Waals surface area contributed by atoms with Crippen molar-refractivity contribution < 1.29 is 39.4 Å². The van der Waals surface area contributed by atoms with Gasteiger partial charge in [0, 0.05) is 25.2 Å². The third-order valence-electron chi connectivity index (χ3n) is 6.47. The second kappa shape index (κ2) is 10.8. The van der Waals surface area contributed by atoms with Gasteiger partial charge in [0.1, 0.15) is 30.5 Å². The summed E-state index contributed by atoms with van der Waals surface area (Å²) in [6, 6.07) is -3.12. The van der Waals surface area contributed by atoms with Crippen molar-refractivity contribution >= 4 is 0 Å². The van der Waals surface area contributed by atoms with Gasteiger partial charge in [-0.3, -0.25) is 0 Å². The molecule has 0 spiro atoms. The Morgan fingerprint density at radius 2 is 1.19 bits per heavy atom. The molecule has 1 saturated carbocycles.